The van der Waals surface area contributed by atoms with Crippen molar-refractivity contribution in [1.82, 2.24) is 5.32 Å². The highest BCUT2D eigenvalue weighted by atomic mass is 16.5. The molecule has 3 aromatic rings. The summed E-state index contributed by atoms with van der Waals surface area (Å²) in [6.45, 7) is 0.461. The van der Waals surface area contributed by atoms with Gasteiger partial charge >= 0.3 is 0 Å². The topological polar surface area (TPSA) is 47.6 Å². The van der Waals surface area contributed by atoms with E-state index in [1.165, 1.54) is 11.1 Å². The lowest BCUT2D eigenvalue weighted by atomic mass is 10.00. The second-order valence-electron chi connectivity index (χ2n) is 7.08. The molecule has 0 spiro atoms. The Bertz CT molecular complexity index is 942. The van der Waals surface area contributed by atoms with Gasteiger partial charge in [-0.1, -0.05) is 54.6 Å². The van der Waals surface area contributed by atoms with Crippen LogP contribution in [0.4, 0.5) is 0 Å². The Kier molecular flexibility index (Phi) is 4.82. The van der Waals surface area contributed by atoms with Crippen LogP contribution < -0.4 is 10.1 Å². The van der Waals surface area contributed by atoms with E-state index >= 15 is 0 Å². The molecule has 27 heavy (non-hydrogen) atoms. The van der Waals surface area contributed by atoms with Crippen LogP contribution in [0.15, 0.2) is 66.7 Å². The first-order valence-corrected chi connectivity index (χ1v) is 9.18. The molecule has 0 aliphatic heterocycles. The molecule has 1 amide bonds. The molecule has 1 aliphatic carbocycles. The fourth-order valence-corrected chi connectivity index (χ4v) is 3.72. The first kappa shape index (κ1) is 17.6. The lowest BCUT2D eigenvalue weighted by molar-refractivity contribution is -0.124. The van der Waals surface area contributed by atoms with Crippen molar-refractivity contribution in [3.8, 4) is 5.75 Å². The molecule has 0 fully saturated rings. The molecule has 138 valence electrons. The van der Waals surface area contributed by atoms with Crippen LogP contribution >= 0.6 is 0 Å². The molecular weight excluding hydrogens is 338 g/mol. The van der Waals surface area contributed by atoms with Crippen LogP contribution in [-0.4, -0.2) is 31.8 Å². The van der Waals surface area contributed by atoms with Gasteiger partial charge in [0.25, 0.3) is 5.91 Å². The molecule has 0 radical (unpaired) electrons. The maximum atomic E-state index is 12.3. The first-order chi connectivity index (χ1) is 13.2. The Labute approximate surface area is 159 Å². The van der Waals surface area contributed by atoms with Gasteiger partial charge in [-0.2, -0.15) is 0 Å². The van der Waals surface area contributed by atoms with Crippen molar-refractivity contribution in [1.29, 1.82) is 0 Å². The van der Waals surface area contributed by atoms with Crippen molar-refractivity contribution >= 4 is 16.7 Å². The second kappa shape index (κ2) is 7.41. The predicted molar refractivity (Wildman–Crippen MR) is 106 cm³/mol. The van der Waals surface area contributed by atoms with Gasteiger partial charge in [0.15, 0.2) is 6.61 Å². The Morgan fingerprint density at radius 1 is 0.963 bits per heavy atom. The fraction of sp³-hybridized carbons (Fsp3) is 0.261. The van der Waals surface area contributed by atoms with E-state index in [1.54, 1.807) is 7.11 Å². The largest absolute Gasteiger partial charge is 0.484 e. The minimum Gasteiger partial charge on any atom is -0.484 e. The van der Waals surface area contributed by atoms with Gasteiger partial charge in [-0.25, -0.2) is 0 Å². The molecule has 0 saturated carbocycles. The van der Waals surface area contributed by atoms with Crippen LogP contribution in [0.1, 0.15) is 11.1 Å². The number of rotatable bonds is 6. The summed E-state index contributed by atoms with van der Waals surface area (Å²) >= 11 is 0. The zero-order valence-corrected chi connectivity index (χ0v) is 15.4. The molecule has 0 heterocycles. The monoisotopic (exact) mass is 361 g/mol. The van der Waals surface area contributed by atoms with Gasteiger partial charge < -0.3 is 14.8 Å². The van der Waals surface area contributed by atoms with Crippen LogP contribution in [0.3, 0.4) is 0 Å². The molecule has 4 rings (SSSR count). The van der Waals surface area contributed by atoms with Crippen molar-refractivity contribution < 1.29 is 14.3 Å². The summed E-state index contributed by atoms with van der Waals surface area (Å²) in [6.07, 6.45) is 1.62. The molecule has 4 nitrogen and oxygen atoms in total. The lowest BCUT2D eigenvalue weighted by Crippen LogP contribution is -2.46. The number of carbonyl (C=O) groups excluding carboxylic acids is 1. The maximum absolute atomic E-state index is 12.3. The molecule has 1 N–H and O–H groups in total. The molecule has 0 saturated heterocycles. The number of fused-ring (bicyclic) bond motifs is 2. The van der Waals surface area contributed by atoms with Gasteiger partial charge in [0.1, 0.15) is 5.75 Å². The smallest absolute Gasteiger partial charge is 0.258 e. The van der Waals surface area contributed by atoms with Crippen LogP contribution in [0, 0.1) is 0 Å². The Hall–Kier alpha value is -2.85. The van der Waals surface area contributed by atoms with Crippen molar-refractivity contribution in [3.63, 3.8) is 0 Å². The third kappa shape index (κ3) is 3.81. The molecule has 1 aliphatic rings. The highest BCUT2D eigenvalue weighted by Gasteiger charge is 2.37. The highest BCUT2D eigenvalue weighted by Crippen LogP contribution is 2.32. The number of carbonyl (C=O) groups is 1. The average molecular weight is 361 g/mol. The number of amides is 1. The number of benzene rings is 3. The Morgan fingerprint density at radius 3 is 2.33 bits per heavy atom. The maximum Gasteiger partial charge on any atom is 0.258 e. The van der Waals surface area contributed by atoms with Crippen LogP contribution in [0.5, 0.6) is 5.75 Å². The number of hydrogen-bond acceptors (Lipinski definition) is 3. The zero-order chi connectivity index (χ0) is 18.7. The average Bonchev–Trinajstić information content (AvgIpc) is 3.10. The van der Waals surface area contributed by atoms with Crippen molar-refractivity contribution in [2.45, 2.75) is 18.4 Å². The molecule has 0 aromatic heterocycles. The van der Waals surface area contributed by atoms with Gasteiger partial charge in [-0.3, -0.25) is 4.79 Å². The normalized spacial score (nSPS) is 14.7. The van der Waals surface area contributed by atoms with Crippen LogP contribution in [0.2, 0.25) is 0 Å². The summed E-state index contributed by atoms with van der Waals surface area (Å²) in [5.41, 5.74) is 2.21. The Morgan fingerprint density at radius 2 is 1.63 bits per heavy atom. The van der Waals surface area contributed by atoms with E-state index in [0.29, 0.717) is 12.3 Å². The van der Waals surface area contributed by atoms with Crippen LogP contribution in [-0.2, 0) is 22.4 Å². The van der Waals surface area contributed by atoms with Gasteiger partial charge in [0, 0.05) is 26.5 Å². The number of ether oxygens (including phenoxy) is 2. The quantitative estimate of drug-likeness (QED) is 0.731. The Balaban J connectivity index is 1.32. The summed E-state index contributed by atoms with van der Waals surface area (Å²) in [7, 11) is 1.71. The fourth-order valence-electron chi connectivity index (χ4n) is 3.72. The number of methoxy groups -OCH3 is 1. The van der Waals surface area contributed by atoms with Gasteiger partial charge in [-0.05, 0) is 34.0 Å². The molecular formula is C23H23NO3. The number of hydrogen-bond donors (Lipinski definition) is 1. The minimum absolute atomic E-state index is 0.00885. The summed E-state index contributed by atoms with van der Waals surface area (Å²) < 4.78 is 11.5. The van der Waals surface area contributed by atoms with E-state index < -0.39 is 0 Å². The zero-order valence-electron chi connectivity index (χ0n) is 15.4. The number of nitrogens with one attached hydrogen (secondary N) is 1. The first-order valence-electron chi connectivity index (χ1n) is 9.18. The van der Waals surface area contributed by atoms with E-state index in [1.807, 2.05) is 48.5 Å². The summed E-state index contributed by atoms with van der Waals surface area (Å²) in [6, 6.07) is 22.2. The lowest BCUT2D eigenvalue weighted by Gasteiger charge is -2.27. The standard InChI is InChI=1S/C23H23NO3/c1-26-23(13-19-8-4-5-9-20(19)14-23)16-24-22(25)15-27-21-11-10-17-6-2-3-7-18(17)12-21/h2-12H,13-16H2,1H3,(H,24,25). The third-order valence-corrected chi connectivity index (χ3v) is 5.28. The molecule has 0 atom stereocenters. The highest BCUT2D eigenvalue weighted by molar-refractivity contribution is 5.84. The SMILES string of the molecule is COC1(CNC(=O)COc2ccc3ccccc3c2)Cc2ccccc2C1. The molecule has 0 bridgehead atoms. The second-order valence-corrected chi connectivity index (χ2v) is 7.08. The van der Waals surface area contributed by atoms with Gasteiger partial charge in [0.05, 0.1) is 5.60 Å². The third-order valence-electron chi connectivity index (χ3n) is 5.28. The van der Waals surface area contributed by atoms with E-state index in [0.717, 1.165) is 23.6 Å². The van der Waals surface area contributed by atoms with E-state index in [2.05, 4.69) is 23.5 Å². The van der Waals surface area contributed by atoms with E-state index in [-0.39, 0.29) is 18.1 Å². The van der Waals surface area contributed by atoms with Crippen LogP contribution in [0.25, 0.3) is 10.8 Å². The van der Waals surface area contributed by atoms with E-state index in [4.69, 9.17) is 9.47 Å². The van der Waals surface area contributed by atoms with Gasteiger partial charge in [-0.15, -0.1) is 0 Å². The molecule has 3 aromatic carbocycles. The molecule has 4 heteroatoms. The van der Waals surface area contributed by atoms with Crippen molar-refractivity contribution in [2.75, 3.05) is 20.3 Å². The van der Waals surface area contributed by atoms with Crippen molar-refractivity contribution in [3.05, 3.63) is 77.9 Å². The van der Waals surface area contributed by atoms with Crippen molar-refractivity contribution in [2.24, 2.45) is 0 Å². The van der Waals surface area contributed by atoms with E-state index in [9.17, 15) is 4.79 Å². The summed E-state index contributed by atoms with van der Waals surface area (Å²) in [5.74, 6) is 0.550. The summed E-state index contributed by atoms with van der Waals surface area (Å²) in [4.78, 5) is 12.3. The minimum atomic E-state index is -0.373. The van der Waals surface area contributed by atoms with Gasteiger partial charge in [0.2, 0.25) is 0 Å². The molecule has 0 unspecified atom stereocenters. The predicted octanol–water partition coefficient (Wildman–Crippen LogP) is 3.52. The summed E-state index contributed by atoms with van der Waals surface area (Å²) in [5, 5.41) is 5.21.